The lowest BCUT2D eigenvalue weighted by atomic mass is 9.72. The van der Waals surface area contributed by atoms with Gasteiger partial charge in [0, 0.05) is 11.8 Å². The topological polar surface area (TPSA) is 46.2 Å². The van der Waals surface area contributed by atoms with Crippen molar-refractivity contribution in [2.24, 2.45) is 11.3 Å². The molecule has 0 fully saturated rings. The number of hydrogen-bond donors (Lipinski definition) is 1. The summed E-state index contributed by atoms with van der Waals surface area (Å²) >= 11 is 1.57. The number of nitrogens with one attached hydrogen (secondary N) is 1. The number of hydrogen-bond acceptors (Lipinski definition) is 3. The van der Waals surface area contributed by atoms with Crippen LogP contribution in [0, 0.1) is 11.3 Å². The van der Waals surface area contributed by atoms with Crippen LogP contribution in [0.5, 0.6) is 0 Å². The quantitative estimate of drug-likeness (QED) is 0.840. The second-order valence-corrected chi connectivity index (χ2v) is 7.46. The molecule has 1 aliphatic carbocycles. The second kappa shape index (κ2) is 5.08. The third kappa shape index (κ3) is 2.89. The Labute approximate surface area is 118 Å². The number of aldehydes is 1. The zero-order valence-electron chi connectivity index (χ0n) is 12.0. The molecular weight excluding hydrogens is 258 g/mol. The molecule has 0 aliphatic heterocycles. The number of carbonyl (C=O) groups excluding carboxylic acids is 2. The molecule has 1 aliphatic rings. The van der Waals surface area contributed by atoms with Gasteiger partial charge in [0.1, 0.15) is 5.00 Å². The molecule has 0 radical (unpaired) electrons. The van der Waals surface area contributed by atoms with E-state index in [2.05, 4.69) is 26.1 Å². The summed E-state index contributed by atoms with van der Waals surface area (Å²) in [5, 5.41) is 3.51. The predicted molar refractivity (Wildman–Crippen MR) is 79.0 cm³/mol. The van der Waals surface area contributed by atoms with E-state index in [4.69, 9.17) is 0 Å². The molecule has 3 nitrogen and oxygen atoms in total. The van der Waals surface area contributed by atoms with Crippen LogP contribution in [-0.4, -0.2) is 12.2 Å². The van der Waals surface area contributed by atoms with E-state index in [0.29, 0.717) is 11.5 Å². The molecule has 1 amide bonds. The molecule has 1 atom stereocenters. The second-order valence-electron chi connectivity index (χ2n) is 6.35. The molecule has 0 saturated heterocycles. The fourth-order valence-electron chi connectivity index (χ4n) is 2.73. The van der Waals surface area contributed by atoms with Gasteiger partial charge in [0.25, 0.3) is 0 Å². The van der Waals surface area contributed by atoms with Gasteiger partial charge in [-0.15, -0.1) is 11.3 Å². The highest BCUT2D eigenvalue weighted by molar-refractivity contribution is 7.16. The third-order valence-electron chi connectivity index (χ3n) is 3.94. The Hall–Kier alpha value is -1.16. The molecule has 2 rings (SSSR count). The van der Waals surface area contributed by atoms with Crippen LogP contribution < -0.4 is 5.32 Å². The lowest BCUT2D eigenvalue weighted by Gasteiger charge is -2.33. The maximum absolute atomic E-state index is 11.3. The molecule has 0 spiro atoms. The highest BCUT2D eigenvalue weighted by Gasteiger charge is 2.32. The first-order chi connectivity index (χ1) is 8.82. The van der Waals surface area contributed by atoms with E-state index in [9.17, 15) is 9.59 Å². The first-order valence-corrected chi connectivity index (χ1v) is 7.52. The Kier molecular flexibility index (Phi) is 3.81. The molecule has 1 heterocycles. The maximum Gasteiger partial charge on any atom is 0.221 e. The van der Waals surface area contributed by atoms with Gasteiger partial charge in [-0.2, -0.15) is 0 Å². The van der Waals surface area contributed by atoms with Gasteiger partial charge in [-0.05, 0) is 36.2 Å². The van der Waals surface area contributed by atoms with Crippen molar-refractivity contribution in [1.29, 1.82) is 0 Å². The maximum atomic E-state index is 11.3. The highest BCUT2D eigenvalue weighted by Crippen LogP contribution is 2.43. The summed E-state index contributed by atoms with van der Waals surface area (Å²) in [6.45, 7) is 8.29. The summed E-state index contributed by atoms with van der Waals surface area (Å²) in [6.07, 6.45) is 3.97. The molecule has 104 valence electrons. The SMILES string of the molecule is CC(=O)Nc1sc2c(c1C=O)CCC(C(C)(C)C)C2. The van der Waals surface area contributed by atoms with Crippen molar-refractivity contribution in [3.63, 3.8) is 0 Å². The van der Waals surface area contributed by atoms with Crippen molar-refractivity contribution in [1.82, 2.24) is 0 Å². The number of thiophene rings is 1. The van der Waals surface area contributed by atoms with Crippen LogP contribution in [0.2, 0.25) is 0 Å². The Morgan fingerprint density at radius 1 is 1.42 bits per heavy atom. The van der Waals surface area contributed by atoms with Crippen molar-refractivity contribution in [3.8, 4) is 0 Å². The van der Waals surface area contributed by atoms with Gasteiger partial charge in [0.15, 0.2) is 6.29 Å². The van der Waals surface area contributed by atoms with E-state index in [0.717, 1.165) is 36.1 Å². The van der Waals surface area contributed by atoms with E-state index in [-0.39, 0.29) is 11.3 Å². The highest BCUT2D eigenvalue weighted by atomic mass is 32.1. The van der Waals surface area contributed by atoms with Crippen LogP contribution in [0.25, 0.3) is 0 Å². The molecule has 1 aromatic rings. The third-order valence-corrected chi connectivity index (χ3v) is 5.12. The summed E-state index contributed by atoms with van der Waals surface area (Å²) in [5.74, 6) is 0.525. The average Bonchev–Trinajstić information content (AvgIpc) is 2.62. The standard InChI is InChI=1S/C15H21NO2S/c1-9(18)16-14-12(8-17)11-6-5-10(15(2,3)4)7-13(11)19-14/h8,10H,5-7H2,1-4H3,(H,16,18). The van der Waals surface area contributed by atoms with E-state index >= 15 is 0 Å². The summed E-state index contributed by atoms with van der Waals surface area (Å²) < 4.78 is 0. The zero-order valence-corrected chi connectivity index (χ0v) is 12.8. The van der Waals surface area contributed by atoms with E-state index in [1.165, 1.54) is 11.8 Å². The zero-order chi connectivity index (χ0) is 14.2. The molecule has 0 aromatic carbocycles. The van der Waals surface area contributed by atoms with Crippen molar-refractivity contribution >= 4 is 28.5 Å². The fraction of sp³-hybridized carbons (Fsp3) is 0.600. The largest absolute Gasteiger partial charge is 0.317 e. The first-order valence-electron chi connectivity index (χ1n) is 6.70. The van der Waals surface area contributed by atoms with Crippen LogP contribution in [0.1, 0.15) is 54.9 Å². The minimum absolute atomic E-state index is 0.117. The molecule has 1 unspecified atom stereocenters. The van der Waals surface area contributed by atoms with Crippen molar-refractivity contribution in [3.05, 3.63) is 16.0 Å². The smallest absolute Gasteiger partial charge is 0.221 e. The normalized spacial score (nSPS) is 18.8. The number of amides is 1. The van der Waals surface area contributed by atoms with E-state index in [1.807, 2.05) is 0 Å². The van der Waals surface area contributed by atoms with Crippen LogP contribution in [-0.2, 0) is 17.6 Å². The summed E-state index contributed by atoms with van der Waals surface area (Å²) in [4.78, 5) is 23.7. The van der Waals surface area contributed by atoms with Gasteiger partial charge >= 0.3 is 0 Å². The molecule has 4 heteroatoms. The van der Waals surface area contributed by atoms with Crippen molar-refractivity contribution in [2.45, 2.75) is 47.0 Å². The minimum Gasteiger partial charge on any atom is -0.317 e. The van der Waals surface area contributed by atoms with Crippen LogP contribution in [0.15, 0.2) is 0 Å². The Morgan fingerprint density at radius 2 is 2.11 bits per heavy atom. The Bertz CT molecular complexity index is 511. The fourth-order valence-corrected chi connectivity index (χ4v) is 4.07. The van der Waals surface area contributed by atoms with E-state index < -0.39 is 0 Å². The number of carbonyl (C=O) groups is 2. The number of anilines is 1. The Balaban J connectivity index is 2.33. The van der Waals surface area contributed by atoms with Gasteiger partial charge in [-0.25, -0.2) is 0 Å². The van der Waals surface area contributed by atoms with Gasteiger partial charge in [0.2, 0.25) is 5.91 Å². The van der Waals surface area contributed by atoms with Crippen LogP contribution >= 0.6 is 11.3 Å². The average molecular weight is 279 g/mol. The lowest BCUT2D eigenvalue weighted by molar-refractivity contribution is -0.114. The minimum atomic E-state index is -0.117. The monoisotopic (exact) mass is 279 g/mol. The van der Waals surface area contributed by atoms with Crippen LogP contribution in [0.4, 0.5) is 5.00 Å². The number of fused-ring (bicyclic) bond motifs is 1. The summed E-state index contributed by atoms with van der Waals surface area (Å²) in [5.41, 5.74) is 2.14. The predicted octanol–water partition coefficient (Wildman–Crippen LogP) is 3.67. The molecular formula is C15H21NO2S. The summed E-state index contributed by atoms with van der Waals surface area (Å²) in [7, 11) is 0. The van der Waals surface area contributed by atoms with E-state index in [1.54, 1.807) is 11.3 Å². The Morgan fingerprint density at radius 3 is 2.63 bits per heavy atom. The molecule has 0 bridgehead atoms. The van der Waals surface area contributed by atoms with Crippen molar-refractivity contribution in [2.75, 3.05) is 5.32 Å². The van der Waals surface area contributed by atoms with Gasteiger partial charge < -0.3 is 5.32 Å². The molecule has 19 heavy (non-hydrogen) atoms. The van der Waals surface area contributed by atoms with Gasteiger partial charge in [-0.1, -0.05) is 20.8 Å². The lowest BCUT2D eigenvalue weighted by Crippen LogP contribution is -2.26. The molecule has 0 saturated carbocycles. The molecule has 1 N–H and O–H groups in total. The van der Waals surface area contributed by atoms with Crippen LogP contribution in [0.3, 0.4) is 0 Å². The van der Waals surface area contributed by atoms with Crippen molar-refractivity contribution < 1.29 is 9.59 Å². The molecule has 1 aromatic heterocycles. The van der Waals surface area contributed by atoms with Gasteiger partial charge in [0.05, 0.1) is 5.56 Å². The van der Waals surface area contributed by atoms with Gasteiger partial charge in [-0.3, -0.25) is 9.59 Å². The number of rotatable bonds is 2. The summed E-state index contributed by atoms with van der Waals surface area (Å²) in [6, 6.07) is 0. The first kappa shape index (κ1) is 14.3.